The van der Waals surface area contributed by atoms with Gasteiger partial charge in [0.1, 0.15) is 23.7 Å². The first-order chi connectivity index (χ1) is 14.6. The predicted octanol–water partition coefficient (Wildman–Crippen LogP) is 5.46. The van der Waals surface area contributed by atoms with Crippen molar-refractivity contribution in [2.24, 2.45) is 0 Å². The summed E-state index contributed by atoms with van der Waals surface area (Å²) in [6.07, 6.45) is 3.54. The van der Waals surface area contributed by atoms with Crippen LogP contribution in [-0.2, 0) is 11.3 Å². The van der Waals surface area contributed by atoms with E-state index >= 15 is 0 Å². The normalized spacial score (nSPS) is 11.3. The van der Waals surface area contributed by atoms with Crippen molar-refractivity contribution in [2.45, 2.75) is 13.5 Å². The van der Waals surface area contributed by atoms with Crippen molar-refractivity contribution < 1.29 is 13.9 Å². The maximum Gasteiger partial charge on any atom is 0.339 e. The molecule has 0 saturated heterocycles. The lowest BCUT2D eigenvalue weighted by Gasteiger charge is -2.08. The van der Waals surface area contributed by atoms with Crippen LogP contribution < -0.4 is 0 Å². The molecule has 0 saturated carbocycles. The number of aromatic nitrogens is 3. The van der Waals surface area contributed by atoms with Gasteiger partial charge in [-0.2, -0.15) is 0 Å². The molecule has 1 aromatic carbocycles. The maximum absolute atomic E-state index is 13.0. The number of carbonyl (C=O) groups excluding carboxylic acids is 1. The van der Waals surface area contributed by atoms with Crippen LogP contribution in [0.4, 0.5) is 0 Å². The van der Waals surface area contributed by atoms with Gasteiger partial charge in [-0.05, 0) is 43.3 Å². The zero-order chi connectivity index (χ0) is 20.7. The minimum Gasteiger partial charge on any atom is -0.460 e. The molecule has 0 aliphatic heterocycles. The van der Waals surface area contributed by atoms with Crippen LogP contribution in [0, 0.1) is 6.92 Å². The van der Waals surface area contributed by atoms with Crippen molar-refractivity contribution in [3.63, 3.8) is 0 Å². The number of ether oxygens (including phenoxy) is 1. The highest BCUT2D eigenvalue weighted by molar-refractivity contribution is 6.30. The number of para-hydroxylation sites is 1. The van der Waals surface area contributed by atoms with Crippen molar-refractivity contribution in [1.82, 2.24) is 14.4 Å². The number of halogens is 1. The third-order valence-corrected chi connectivity index (χ3v) is 4.97. The number of esters is 1. The maximum atomic E-state index is 13.0. The molecule has 148 valence electrons. The Bertz CT molecular complexity index is 1400. The Morgan fingerprint density at radius 2 is 1.97 bits per heavy atom. The van der Waals surface area contributed by atoms with Crippen LogP contribution in [0.25, 0.3) is 28.0 Å². The zero-order valence-corrected chi connectivity index (χ0v) is 16.8. The predicted molar refractivity (Wildman–Crippen MR) is 114 cm³/mol. The van der Waals surface area contributed by atoms with Crippen molar-refractivity contribution in [1.29, 1.82) is 0 Å². The molecule has 4 heterocycles. The molecule has 4 aromatic heterocycles. The number of pyridine rings is 2. The smallest absolute Gasteiger partial charge is 0.339 e. The van der Waals surface area contributed by atoms with Crippen LogP contribution in [-0.4, -0.2) is 20.3 Å². The second kappa shape index (κ2) is 7.31. The first kappa shape index (κ1) is 18.4. The summed E-state index contributed by atoms with van der Waals surface area (Å²) in [4.78, 5) is 22.0. The van der Waals surface area contributed by atoms with E-state index in [1.54, 1.807) is 28.9 Å². The first-order valence-corrected chi connectivity index (χ1v) is 9.71. The molecule has 7 heteroatoms. The summed E-state index contributed by atoms with van der Waals surface area (Å²) in [5, 5.41) is 1.32. The second-order valence-corrected chi connectivity index (χ2v) is 7.34. The lowest BCUT2D eigenvalue weighted by Crippen LogP contribution is -2.07. The lowest BCUT2D eigenvalue weighted by molar-refractivity contribution is 0.0470. The molecule has 0 bridgehead atoms. The van der Waals surface area contributed by atoms with Gasteiger partial charge in [0, 0.05) is 17.8 Å². The summed E-state index contributed by atoms with van der Waals surface area (Å²) in [6.45, 7) is 1.91. The molecule has 0 fully saturated rings. The molecule has 0 aliphatic carbocycles. The molecule has 0 spiro atoms. The number of furan rings is 1. The van der Waals surface area contributed by atoms with Gasteiger partial charge in [0.15, 0.2) is 5.76 Å². The molecule has 5 rings (SSSR count). The number of nitrogens with zero attached hydrogens (tertiary/aromatic N) is 3. The highest BCUT2D eigenvalue weighted by Gasteiger charge is 2.17. The Labute approximate surface area is 176 Å². The molecule has 0 radical (unpaired) electrons. The zero-order valence-electron chi connectivity index (χ0n) is 16.0. The monoisotopic (exact) mass is 417 g/mol. The third-order valence-electron chi connectivity index (χ3n) is 4.74. The van der Waals surface area contributed by atoms with E-state index in [4.69, 9.17) is 20.8 Å². The summed E-state index contributed by atoms with van der Waals surface area (Å²) in [6, 6.07) is 16.4. The number of carbonyl (C=O) groups is 1. The SMILES string of the molecule is Cc1ccc(-c2cc(C(=O)OCc3cn4cc(Cl)ccc4n3)c3ccccc3n2)o1. The highest BCUT2D eigenvalue weighted by atomic mass is 35.5. The number of aryl methyl sites for hydroxylation is 1. The van der Waals surface area contributed by atoms with E-state index in [2.05, 4.69) is 9.97 Å². The van der Waals surface area contributed by atoms with E-state index in [9.17, 15) is 4.79 Å². The molecule has 5 aromatic rings. The molecular formula is C23H16ClN3O3. The largest absolute Gasteiger partial charge is 0.460 e. The van der Waals surface area contributed by atoms with Gasteiger partial charge in [-0.15, -0.1) is 0 Å². The molecule has 0 N–H and O–H groups in total. The van der Waals surface area contributed by atoms with Crippen LogP contribution >= 0.6 is 11.6 Å². The molecule has 0 amide bonds. The first-order valence-electron chi connectivity index (χ1n) is 9.34. The lowest BCUT2D eigenvalue weighted by atomic mass is 10.1. The van der Waals surface area contributed by atoms with Crippen LogP contribution in [0.5, 0.6) is 0 Å². The summed E-state index contributed by atoms with van der Waals surface area (Å²) in [7, 11) is 0. The molecular weight excluding hydrogens is 402 g/mol. The van der Waals surface area contributed by atoms with Crippen LogP contribution in [0.2, 0.25) is 5.02 Å². The average Bonchev–Trinajstić information content (AvgIpc) is 3.36. The van der Waals surface area contributed by atoms with Crippen LogP contribution in [0.15, 0.2) is 71.4 Å². The molecule has 0 atom stereocenters. The van der Waals surface area contributed by atoms with E-state index in [0.29, 0.717) is 33.3 Å². The van der Waals surface area contributed by atoms with Gasteiger partial charge in [-0.3, -0.25) is 0 Å². The topological polar surface area (TPSA) is 69.6 Å². The fourth-order valence-corrected chi connectivity index (χ4v) is 3.51. The summed E-state index contributed by atoms with van der Waals surface area (Å²) in [5.41, 5.74) is 3.06. The van der Waals surface area contributed by atoms with Crippen LogP contribution in [0.3, 0.4) is 0 Å². The van der Waals surface area contributed by atoms with Gasteiger partial charge in [0.2, 0.25) is 0 Å². The standard InChI is InChI=1S/C23H16ClN3O3/c1-14-6-8-21(30-14)20-10-18(17-4-2-3-5-19(17)26-20)23(28)29-13-16-12-27-11-15(24)7-9-22(27)25-16/h2-12H,13H2,1H3. The van der Waals surface area contributed by atoms with Crippen molar-refractivity contribution in [3.8, 4) is 11.5 Å². The molecule has 6 nitrogen and oxygen atoms in total. The Balaban J connectivity index is 1.47. The van der Waals surface area contributed by atoms with Crippen LogP contribution in [0.1, 0.15) is 21.8 Å². The van der Waals surface area contributed by atoms with Gasteiger partial charge in [0.05, 0.1) is 21.8 Å². The number of hydrogen-bond acceptors (Lipinski definition) is 5. The Morgan fingerprint density at radius 1 is 1.10 bits per heavy atom. The average molecular weight is 418 g/mol. The number of hydrogen-bond donors (Lipinski definition) is 0. The van der Waals surface area contributed by atoms with E-state index in [1.165, 1.54) is 0 Å². The quantitative estimate of drug-likeness (QED) is 0.363. The van der Waals surface area contributed by atoms with E-state index in [-0.39, 0.29) is 6.61 Å². The Kier molecular flexibility index (Phi) is 4.48. The number of rotatable bonds is 4. The van der Waals surface area contributed by atoms with Crippen molar-refractivity contribution in [2.75, 3.05) is 0 Å². The highest BCUT2D eigenvalue weighted by Crippen LogP contribution is 2.27. The number of fused-ring (bicyclic) bond motifs is 2. The molecule has 0 unspecified atom stereocenters. The number of benzene rings is 1. The number of imidazole rings is 1. The molecule has 0 aliphatic rings. The third kappa shape index (κ3) is 3.42. The summed E-state index contributed by atoms with van der Waals surface area (Å²) < 4.78 is 13.1. The van der Waals surface area contributed by atoms with E-state index < -0.39 is 5.97 Å². The summed E-state index contributed by atoms with van der Waals surface area (Å²) in [5.74, 6) is 0.925. The fourth-order valence-electron chi connectivity index (χ4n) is 3.35. The van der Waals surface area contributed by atoms with Gasteiger partial charge < -0.3 is 13.6 Å². The second-order valence-electron chi connectivity index (χ2n) is 6.90. The molecule has 30 heavy (non-hydrogen) atoms. The van der Waals surface area contributed by atoms with E-state index in [1.807, 2.05) is 49.4 Å². The van der Waals surface area contributed by atoms with Gasteiger partial charge in [-0.1, -0.05) is 29.8 Å². The van der Waals surface area contributed by atoms with Gasteiger partial charge in [0.25, 0.3) is 0 Å². The van der Waals surface area contributed by atoms with Crippen molar-refractivity contribution in [3.05, 3.63) is 89.0 Å². The van der Waals surface area contributed by atoms with Crippen molar-refractivity contribution >= 4 is 34.1 Å². The van der Waals surface area contributed by atoms with Gasteiger partial charge in [-0.25, -0.2) is 14.8 Å². The van der Waals surface area contributed by atoms with Gasteiger partial charge >= 0.3 is 5.97 Å². The Hall–Kier alpha value is -3.64. The summed E-state index contributed by atoms with van der Waals surface area (Å²) >= 11 is 6.01. The minimum absolute atomic E-state index is 0.0456. The Morgan fingerprint density at radius 3 is 2.80 bits per heavy atom. The fraction of sp³-hybridized carbons (Fsp3) is 0.0870. The minimum atomic E-state index is -0.451. The van der Waals surface area contributed by atoms with E-state index in [0.717, 1.165) is 16.8 Å².